The number of benzene rings is 1. The number of nitrogens with one attached hydrogen (secondary N) is 1. The van der Waals surface area contributed by atoms with Crippen LogP contribution in [-0.4, -0.2) is 37.8 Å². The third kappa shape index (κ3) is 3.23. The summed E-state index contributed by atoms with van der Waals surface area (Å²) in [6, 6.07) is 6.38. The molecule has 1 saturated heterocycles. The van der Waals surface area contributed by atoms with E-state index in [1.54, 1.807) is 13.0 Å². The predicted octanol–water partition coefficient (Wildman–Crippen LogP) is 0.766. The number of hydrogen-bond donors (Lipinski definition) is 1. The van der Waals surface area contributed by atoms with Crippen LogP contribution >= 0.6 is 0 Å². The van der Waals surface area contributed by atoms with Crippen molar-refractivity contribution in [3.63, 3.8) is 0 Å². The molecule has 6 nitrogen and oxygen atoms in total. The molecule has 0 spiro atoms. The van der Waals surface area contributed by atoms with E-state index in [0.29, 0.717) is 24.1 Å². The molecular weight excluding hydrogens is 290 g/mol. The lowest BCUT2D eigenvalue weighted by atomic mass is 10.2. The molecule has 1 aliphatic rings. The van der Waals surface area contributed by atoms with E-state index in [0.717, 1.165) is 0 Å². The van der Waals surface area contributed by atoms with Gasteiger partial charge in [0.2, 0.25) is 15.9 Å². The fraction of sp³-hybridized carbons (Fsp3) is 0.429. The maximum absolute atomic E-state index is 12.6. The van der Waals surface area contributed by atoms with Crippen LogP contribution in [0.4, 0.5) is 0 Å². The van der Waals surface area contributed by atoms with Crippen LogP contribution < -0.4 is 5.32 Å². The Morgan fingerprint density at radius 2 is 2.19 bits per heavy atom. The summed E-state index contributed by atoms with van der Waals surface area (Å²) in [4.78, 5) is 11.3. The molecule has 112 valence electrons. The van der Waals surface area contributed by atoms with Crippen LogP contribution in [0.25, 0.3) is 0 Å². The molecular formula is C14H17N3O3S. The summed E-state index contributed by atoms with van der Waals surface area (Å²) < 4.78 is 26.6. The van der Waals surface area contributed by atoms with Crippen molar-refractivity contribution in [2.45, 2.75) is 31.2 Å². The van der Waals surface area contributed by atoms with Gasteiger partial charge in [-0.05, 0) is 37.1 Å². The van der Waals surface area contributed by atoms with E-state index in [1.165, 1.54) is 23.4 Å². The molecule has 21 heavy (non-hydrogen) atoms. The molecule has 0 aliphatic carbocycles. The number of nitrogens with zero attached hydrogens (tertiary/aromatic N) is 2. The summed E-state index contributed by atoms with van der Waals surface area (Å²) >= 11 is 0. The lowest BCUT2D eigenvalue weighted by Crippen LogP contribution is -2.37. The summed E-state index contributed by atoms with van der Waals surface area (Å²) in [5.41, 5.74) is 0.987. The zero-order valence-corrected chi connectivity index (χ0v) is 12.8. The Hall–Kier alpha value is -1.91. The number of sulfonamides is 1. The Morgan fingerprint density at radius 1 is 1.48 bits per heavy atom. The first-order valence-corrected chi connectivity index (χ1v) is 8.06. The first kappa shape index (κ1) is 15.5. The zero-order chi connectivity index (χ0) is 15.6. The lowest BCUT2D eigenvalue weighted by Gasteiger charge is -2.18. The third-order valence-electron chi connectivity index (χ3n) is 3.48. The van der Waals surface area contributed by atoms with Gasteiger partial charge in [0.25, 0.3) is 0 Å². The van der Waals surface area contributed by atoms with Gasteiger partial charge in [-0.25, -0.2) is 8.42 Å². The van der Waals surface area contributed by atoms with Crippen LogP contribution in [0.2, 0.25) is 0 Å². The molecule has 1 aromatic rings. The van der Waals surface area contributed by atoms with Crippen LogP contribution in [0.3, 0.4) is 0 Å². The standard InChI is InChI=1S/C14H17N3O3S/c1-10-7-12(8-15)3-4-14(10)21(19,20)17-6-5-13(9-17)16-11(2)18/h3-4,7,13H,5-6,9H2,1-2H3,(H,16,18). The van der Waals surface area contributed by atoms with Gasteiger partial charge in [0.15, 0.2) is 0 Å². The lowest BCUT2D eigenvalue weighted by molar-refractivity contribution is -0.119. The molecule has 1 fully saturated rings. The zero-order valence-electron chi connectivity index (χ0n) is 12.0. The van der Waals surface area contributed by atoms with E-state index in [4.69, 9.17) is 5.26 Å². The van der Waals surface area contributed by atoms with E-state index in [1.807, 2.05) is 6.07 Å². The van der Waals surface area contributed by atoms with Gasteiger partial charge in [-0.3, -0.25) is 4.79 Å². The number of carbonyl (C=O) groups is 1. The third-order valence-corrected chi connectivity index (χ3v) is 5.51. The van der Waals surface area contributed by atoms with Crippen molar-refractivity contribution in [2.24, 2.45) is 0 Å². The second kappa shape index (κ2) is 5.84. The fourth-order valence-corrected chi connectivity index (χ4v) is 4.21. The minimum absolute atomic E-state index is 0.143. The van der Waals surface area contributed by atoms with E-state index in [2.05, 4.69) is 5.32 Å². The SMILES string of the molecule is CC(=O)NC1CCN(S(=O)(=O)c2ccc(C#N)cc2C)C1. The smallest absolute Gasteiger partial charge is 0.243 e. The molecule has 1 heterocycles. The summed E-state index contributed by atoms with van der Waals surface area (Å²) in [7, 11) is -3.59. The molecule has 1 N–H and O–H groups in total. The van der Waals surface area contributed by atoms with E-state index < -0.39 is 10.0 Å². The molecule has 2 rings (SSSR count). The molecule has 0 bridgehead atoms. The highest BCUT2D eigenvalue weighted by Gasteiger charge is 2.33. The van der Waals surface area contributed by atoms with Gasteiger partial charge < -0.3 is 5.32 Å². The van der Waals surface area contributed by atoms with Crippen LogP contribution in [0, 0.1) is 18.3 Å². The molecule has 7 heteroatoms. The van der Waals surface area contributed by atoms with Crippen molar-refractivity contribution >= 4 is 15.9 Å². The minimum atomic E-state index is -3.59. The average Bonchev–Trinajstić information content (AvgIpc) is 2.86. The normalized spacial score (nSPS) is 19.2. The number of rotatable bonds is 3. The highest BCUT2D eigenvalue weighted by Crippen LogP contribution is 2.24. The Morgan fingerprint density at radius 3 is 2.76 bits per heavy atom. The molecule has 1 atom stereocenters. The molecule has 0 radical (unpaired) electrons. The van der Waals surface area contributed by atoms with Crippen molar-refractivity contribution in [1.82, 2.24) is 9.62 Å². The minimum Gasteiger partial charge on any atom is -0.352 e. The Balaban J connectivity index is 2.24. The van der Waals surface area contributed by atoms with E-state index >= 15 is 0 Å². The van der Waals surface area contributed by atoms with Gasteiger partial charge in [-0.1, -0.05) is 0 Å². The van der Waals surface area contributed by atoms with Gasteiger partial charge >= 0.3 is 0 Å². The van der Waals surface area contributed by atoms with Gasteiger partial charge in [-0.2, -0.15) is 9.57 Å². The van der Waals surface area contributed by atoms with Crippen LogP contribution in [0.15, 0.2) is 23.1 Å². The Bertz CT molecular complexity index is 707. The molecule has 1 aromatic carbocycles. The van der Waals surface area contributed by atoms with Crippen molar-refractivity contribution in [3.8, 4) is 6.07 Å². The fourth-order valence-electron chi connectivity index (χ4n) is 2.50. The monoisotopic (exact) mass is 307 g/mol. The number of nitriles is 1. The maximum atomic E-state index is 12.6. The van der Waals surface area contributed by atoms with Crippen LogP contribution in [-0.2, 0) is 14.8 Å². The molecule has 1 amide bonds. The molecule has 1 unspecified atom stereocenters. The van der Waals surface area contributed by atoms with Crippen molar-refractivity contribution in [3.05, 3.63) is 29.3 Å². The second-order valence-corrected chi connectivity index (χ2v) is 7.05. The molecule has 0 aromatic heterocycles. The second-order valence-electron chi connectivity index (χ2n) is 5.14. The van der Waals surface area contributed by atoms with Gasteiger partial charge in [0.05, 0.1) is 16.5 Å². The number of amides is 1. The summed E-state index contributed by atoms with van der Waals surface area (Å²) in [6.45, 7) is 3.76. The molecule has 1 aliphatic heterocycles. The topological polar surface area (TPSA) is 90.3 Å². The summed E-state index contributed by atoms with van der Waals surface area (Å²) in [5, 5.41) is 11.6. The Kier molecular flexibility index (Phi) is 4.30. The van der Waals surface area contributed by atoms with Crippen LogP contribution in [0.1, 0.15) is 24.5 Å². The van der Waals surface area contributed by atoms with Crippen molar-refractivity contribution < 1.29 is 13.2 Å². The predicted molar refractivity (Wildman–Crippen MR) is 76.9 cm³/mol. The van der Waals surface area contributed by atoms with Gasteiger partial charge in [0, 0.05) is 26.1 Å². The first-order valence-electron chi connectivity index (χ1n) is 6.62. The number of hydrogen-bond acceptors (Lipinski definition) is 4. The molecule has 0 saturated carbocycles. The average molecular weight is 307 g/mol. The van der Waals surface area contributed by atoms with Crippen LogP contribution in [0.5, 0.6) is 0 Å². The number of carbonyl (C=O) groups excluding carboxylic acids is 1. The highest BCUT2D eigenvalue weighted by atomic mass is 32.2. The van der Waals surface area contributed by atoms with E-state index in [9.17, 15) is 13.2 Å². The van der Waals surface area contributed by atoms with Crippen molar-refractivity contribution in [2.75, 3.05) is 13.1 Å². The first-order chi connectivity index (χ1) is 9.84. The van der Waals surface area contributed by atoms with E-state index in [-0.39, 0.29) is 23.4 Å². The summed E-state index contributed by atoms with van der Waals surface area (Å²) in [5.74, 6) is -0.159. The largest absolute Gasteiger partial charge is 0.352 e. The van der Waals surface area contributed by atoms with Gasteiger partial charge in [-0.15, -0.1) is 0 Å². The summed E-state index contributed by atoms with van der Waals surface area (Å²) in [6.07, 6.45) is 0.605. The van der Waals surface area contributed by atoms with Gasteiger partial charge in [0.1, 0.15) is 0 Å². The number of aryl methyl sites for hydroxylation is 1. The Labute approximate surface area is 124 Å². The maximum Gasteiger partial charge on any atom is 0.243 e. The highest BCUT2D eigenvalue weighted by molar-refractivity contribution is 7.89. The van der Waals surface area contributed by atoms with Crippen molar-refractivity contribution in [1.29, 1.82) is 5.26 Å². The quantitative estimate of drug-likeness (QED) is 0.893.